The van der Waals surface area contributed by atoms with Crippen LogP contribution in [0.15, 0.2) is 65.6 Å². The molecule has 0 bridgehead atoms. The second-order valence-electron chi connectivity index (χ2n) is 6.80. The van der Waals surface area contributed by atoms with Crippen molar-refractivity contribution in [1.29, 1.82) is 0 Å². The third-order valence-electron chi connectivity index (χ3n) is 4.85. The molecule has 9 heteroatoms. The molecule has 0 spiro atoms. The maximum Gasteiger partial charge on any atom is 0.434 e. The molecule has 0 radical (unpaired) electrons. The number of alkyl halides is 3. The maximum absolute atomic E-state index is 14.1. The number of nitrogens with zero attached hydrogens (tertiary/aromatic N) is 3. The third-order valence-corrected chi connectivity index (χ3v) is 4.85. The predicted molar refractivity (Wildman–Crippen MR) is 106 cm³/mol. The highest BCUT2D eigenvalue weighted by Gasteiger charge is 2.36. The van der Waals surface area contributed by atoms with Crippen molar-refractivity contribution in [3.63, 3.8) is 0 Å². The summed E-state index contributed by atoms with van der Waals surface area (Å²) in [6.07, 6.45) is -3.90. The van der Waals surface area contributed by atoms with Crippen LogP contribution in [0.3, 0.4) is 0 Å². The number of halogens is 4. The Bertz CT molecular complexity index is 1330. The first kappa shape index (κ1) is 20.5. The van der Waals surface area contributed by atoms with E-state index in [1.165, 1.54) is 36.4 Å². The number of para-hydroxylation sites is 1. The molecule has 0 saturated carbocycles. The molecule has 0 atom stereocenters. The van der Waals surface area contributed by atoms with Gasteiger partial charge in [0.25, 0.3) is 5.56 Å². The number of benzene rings is 2. The van der Waals surface area contributed by atoms with Crippen molar-refractivity contribution in [2.75, 3.05) is 0 Å². The average molecular weight is 429 g/mol. The van der Waals surface area contributed by atoms with E-state index in [-0.39, 0.29) is 35.6 Å². The van der Waals surface area contributed by atoms with Crippen LogP contribution in [0, 0.1) is 5.82 Å². The molecule has 31 heavy (non-hydrogen) atoms. The summed E-state index contributed by atoms with van der Waals surface area (Å²) in [5, 5.41) is 9.58. The van der Waals surface area contributed by atoms with E-state index >= 15 is 0 Å². The van der Waals surface area contributed by atoms with Gasteiger partial charge in [0.05, 0.1) is 16.5 Å². The standard InChI is InChI=1S/C22H15F4N3O2/c23-15-7-3-1-5-13(15)10-12-29-20(14-6-2-4-8-17(14)30)28-16-9-11-27-19(22(24,25)26)18(16)21(29)31/h1-9,11,30H,10,12H2. The van der Waals surface area contributed by atoms with E-state index in [9.17, 15) is 27.5 Å². The molecule has 1 N–H and O–H groups in total. The van der Waals surface area contributed by atoms with Crippen molar-refractivity contribution in [3.8, 4) is 17.1 Å². The Balaban J connectivity index is 1.97. The molecule has 2 heterocycles. The zero-order valence-corrected chi connectivity index (χ0v) is 15.9. The molecule has 4 rings (SSSR count). The summed E-state index contributed by atoms with van der Waals surface area (Å²) in [6.45, 7) is -0.154. The number of hydrogen-bond donors (Lipinski definition) is 1. The summed E-state index contributed by atoms with van der Waals surface area (Å²) in [5.41, 5.74) is -2.06. The molecule has 0 saturated heterocycles. The number of fused-ring (bicyclic) bond motifs is 1. The predicted octanol–water partition coefficient (Wildman–Crippen LogP) is 4.56. The van der Waals surface area contributed by atoms with E-state index in [2.05, 4.69) is 9.97 Å². The number of phenols is 1. The van der Waals surface area contributed by atoms with Crippen molar-refractivity contribution in [2.45, 2.75) is 19.1 Å². The summed E-state index contributed by atoms with van der Waals surface area (Å²) < 4.78 is 55.5. The van der Waals surface area contributed by atoms with Crippen molar-refractivity contribution < 1.29 is 22.7 Å². The SMILES string of the molecule is O=c1c2c(C(F)(F)F)nccc2nc(-c2ccccc2O)n1CCc1ccccc1F. The van der Waals surface area contributed by atoms with Crippen LogP contribution in [0.4, 0.5) is 17.6 Å². The Labute approximate surface area is 173 Å². The van der Waals surface area contributed by atoms with E-state index in [4.69, 9.17) is 0 Å². The molecule has 0 aliphatic carbocycles. The lowest BCUT2D eigenvalue weighted by Crippen LogP contribution is -2.27. The number of pyridine rings is 1. The molecule has 4 aromatic rings. The van der Waals surface area contributed by atoms with Gasteiger partial charge < -0.3 is 5.11 Å². The molecular formula is C22H15F4N3O2. The van der Waals surface area contributed by atoms with E-state index < -0.39 is 28.6 Å². The van der Waals surface area contributed by atoms with Crippen molar-refractivity contribution in [2.24, 2.45) is 0 Å². The van der Waals surface area contributed by atoms with Gasteiger partial charge in [-0.1, -0.05) is 30.3 Å². The van der Waals surface area contributed by atoms with Crippen LogP contribution in [0.5, 0.6) is 5.75 Å². The third kappa shape index (κ3) is 3.86. The maximum atomic E-state index is 14.1. The lowest BCUT2D eigenvalue weighted by atomic mass is 10.1. The fraction of sp³-hybridized carbons (Fsp3) is 0.136. The Morgan fingerprint density at radius 1 is 1.00 bits per heavy atom. The van der Waals surface area contributed by atoms with Gasteiger partial charge in [-0.15, -0.1) is 0 Å². The van der Waals surface area contributed by atoms with Gasteiger partial charge >= 0.3 is 6.18 Å². The normalized spacial score (nSPS) is 11.7. The van der Waals surface area contributed by atoms with Crippen LogP contribution >= 0.6 is 0 Å². The fourth-order valence-corrected chi connectivity index (χ4v) is 3.39. The van der Waals surface area contributed by atoms with Crippen LogP contribution in [0.25, 0.3) is 22.3 Å². The molecule has 2 aromatic carbocycles. The van der Waals surface area contributed by atoms with E-state index in [1.54, 1.807) is 18.2 Å². The molecule has 0 unspecified atom stereocenters. The van der Waals surface area contributed by atoms with Gasteiger partial charge in [0.2, 0.25) is 0 Å². The highest BCUT2D eigenvalue weighted by molar-refractivity contribution is 5.82. The quantitative estimate of drug-likeness (QED) is 0.483. The minimum Gasteiger partial charge on any atom is -0.507 e. The van der Waals surface area contributed by atoms with Gasteiger partial charge in [0.1, 0.15) is 17.4 Å². The van der Waals surface area contributed by atoms with Crippen LogP contribution in [0.2, 0.25) is 0 Å². The van der Waals surface area contributed by atoms with Gasteiger partial charge in [0, 0.05) is 12.7 Å². The Morgan fingerprint density at radius 3 is 2.42 bits per heavy atom. The summed E-state index contributed by atoms with van der Waals surface area (Å²) in [6, 6.07) is 13.1. The van der Waals surface area contributed by atoms with Gasteiger partial charge in [-0.3, -0.25) is 14.3 Å². The van der Waals surface area contributed by atoms with E-state index in [0.717, 1.165) is 10.8 Å². The molecule has 0 aliphatic heterocycles. The molecule has 0 fully saturated rings. The summed E-state index contributed by atoms with van der Waals surface area (Å²) in [7, 11) is 0. The number of aromatic nitrogens is 3. The minimum absolute atomic E-state index is 0.0220. The second kappa shape index (κ2) is 7.82. The van der Waals surface area contributed by atoms with Gasteiger partial charge in [-0.25, -0.2) is 9.37 Å². The van der Waals surface area contributed by atoms with Crippen LogP contribution in [0.1, 0.15) is 11.3 Å². The first-order chi connectivity index (χ1) is 14.8. The average Bonchev–Trinajstić information content (AvgIpc) is 2.73. The van der Waals surface area contributed by atoms with Crippen molar-refractivity contribution in [3.05, 3.63) is 88.2 Å². The zero-order valence-electron chi connectivity index (χ0n) is 15.9. The van der Waals surface area contributed by atoms with Crippen LogP contribution in [-0.4, -0.2) is 19.6 Å². The fourth-order valence-electron chi connectivity index (χ4n) is 3.39. The van der Waals surface area contributed by atoms with Crippen LogP contribution in [-0.2, 0) is 19.1 Å². The molecule has 0 aliphatic rings. The van der Waals surface area contributed by atoms with Crippen molar-refractivity contribution in [1.82, 2.24) is 14.5 Å². The monoisotopic (exact) mass is 429 g/mol. The minimum atomic E-state index is -4.86. The highest BCUT2D eigenvalue weighted by atomic mass is 19.4. The lowest BCUT2D eigenvalue weighted by molar-refractivity contribution is -0.139. The Hall–Kier alpha value is -3.75. The second-order valence-corrected chi connectivity index (χ2v) is 6.80. The molecule has 158 valence electrons. The number of phenolic OH excluding ortho intramolecular Hbond substituents is 1. The molecule has 0 amide bonds. The summed E-state index contributed by atoms with van der Waals surface area (Å²) in [4.78, 5) is 20.8. The summed E-state index contributed by atoms with van der Waals surface area (Å²) >= 11 is 0. The zero-order chi connectivity index (χ0) is 22.2. The number of aromatic hydroxyl groups is 1. The Morgan fingerprint density at radius 2 is 1.71 bits per heavy atom. The topological polar surface area (TPSA) is 68.0 Å². The summed E-state index contributed by atoms with van der Waals surface area (Å²) in [5.74, 6) is -0.712. The van der Waals surface area contributed by atoms with E-state index in [0.29, 0.717) is 5.56 Å². The van der Waals surface area contributed by atoms with Gasteiger partial charge in [0.15, 0.2) is 5.69 Å². The number of aryl methyl sites for hydroxylation is 1. The molecule has 2 aromatic heterocycles. The largest absolute Gasteiger partial charge is 0.507 e. The highest BCUT2D eigenvalue weighted by Crippen LogP contribution is 2.33. The Kier molecular flexibility index (Phi) is 5.18. The van der Waals surface area contributed by atoms with Crippen molar-refractivity contribution >= 4 is 10.9 Å². The molecular weight excluding hydrogens is 414 g/mol. The van der Waals surface area contributed by atoms with Crippen LogP contribution < -0.4 is 5.56 Å². The van der Waals surface area contributed by atoms with E-state index in [1.807, 2.05) is 0 Å². The lowest BCUT2D eigenvalue weighted by Gasteiger charge is -2.16. The smallest absolute Gasteiger partial charge is 0.434 e. The van der Waals surface area contributed by atoms with Gasteiger partial charge in [-0.2, -0.15) is 13.2 Å². The first-order valence-electron chi connectivity index (χ1n) is 9.26. The molecule has 5 nitrogen and oxygen atoms in total. The number of hydrogen-bond acceptors (Lipinski definition) is 4. The number of rotatable bonds is 4. The first-order valence-corrected chi connectivity index (χ1v) is 9.26. The van der Waals surface area contributed by atoms with Gasteiger partial charge in [-0.05, 0) is 36.2 Å².